The molecule has 4 heteroatoms. The Labute approximate surface area is 129 Å². The second-order valence-electron chi connectivity index (χ2n) is 5.47. The van der Waals surface area contributed by atoms with Crippen molar-refractivity contribution < 1.29 is 4.74 Å². The van der Waals surface area contributed by atoms with Crippen molar-refractivity contribution in [3.8, 4) is 5.75 Å². The first-order valence-electron chi connectivity index (χ1n) is 7.42. The van der Waals surface area contributed by atoms with E-state index < -0.39 is 0 Å². The lowest BCUT2D eigenvalue weighted by molar-refractivity contribution is 0.218. The number of ether oxygens (including phenoxy) is 1. The Morgan fingerprint density at radius 1 is 1.20 bits per heavy atom. The summed E-state index contributed by atoms with van der Waals surface area (Å²) in [6, 6.07) is 10.1. The van der Waals surface area contributed by atoms with Gasteiger partial charge in [0.15, 0.2) is 0 Å². The third-order valence-corrected chi connectivity index (χ3v) is 3.72. The zero-order valence-electron chi connectivity index (χ0n) is 12.4. The first-order valence-corrected chi connectivity index (χ1v) is 7.42. The fraction of sp³-hybridized carbons (Fsp3) is 0.625. The van der Waals surface area contributed by atoms with E-state index in [1.807, 2.05) is 30.3 Å². The summed E-state index contributed by atoms with van der Waals surface area (Å²) in [4.78, 5) is 2.45. The van der Waals surface area contributed by atoms with Crippen LogP contribution in [0.2, 0.25) is 0 Å². The van der Waals surface area contributed by atoms with Crippen molar-refractivity contribution in [3.05, 3.63) is 30.3 Å². The van der Waals surface area contributed by atoms with Crippen LogP contribution in [0.1, 0.15) is 19.3 Å². The SMILES string of the molecule is CN(CCCOc1ccccc1)CC1CCNCC1.Cl. The summed E-state index contributed by atoms with van der Waals surface area (Å²) in [7, 11) is 2.23. The minimum atomic E-state index is 0. The van der Waals surface area contributed by atoms with Crippen LogP contribution in [0.25, 0.3) is 0 Å². The largest absolute Gasteiger partial charge is 0.494 e. The molecule has 0 atom stereocenters. The van der Waals surface area contributed by atoms with E-state index in [0.717, 1.165) is 31.2 Å². The molecule has 0 unspecified atom stereocenters. The Kier molecular flexibility index (Phi) is 8.67. The standard InChI is InChI=1S/C16H26N2O.ClH/c1-18(14-15-8-10-17-11-9-15)12-5-13-19-16-6-3-2-4-7-16;/h2-4,6-7,15,17H,5,8-14H2,1H3;1H. The van der Waals surface area contributed by atoms with Crippen LogP contribution < -0.4 is 10.1 Å². The molecule has 1 fully saturated rings. The third kappa shape index (κ3) is 6.60. The van der Waals surface area contributed by atoms with Crippen LogP contribution in [0.4, 0.5) is 0 Å². The zero-order chi connectivity index (χ0) is 13.3. The molecule has 0 spiro atoms. The highest BCUT2D eigenvalue weighted by Gasteiger charge is 2.14. The highest BCUT2D eigenvalue weighted by atomic mass is 35.5. The van der Waals surface area contributed by atoms with Crippen molar-refractivity contribution in [2.24, 2.45) is 5.92 Å². The van der Waals surface area contributed by atoms with E-state index in [1.54, 1.807) is 0 Å². The number of piperidine rings is 1. The Morgan fingerprint density at radius 3 is 2.60 bits per heavy atom. The number of nitrogens with one attached hydrogen (secondary N) is 1. The van der Waals surface area contributed by atoms with E-state index in [-0.39, 0.29) is 12.4 Å². The average Bonchev–Trinajstić information content (AvgIpc) is 2.46. The van der Waals surface area contributed by atoms with E-state index >= 15 is 0 Å². The monoisotopic (exact) mass is 298 g/mol. The van der Waals surface area contributed by atoms with E-state index in [0.29, 0.717) is 0 Å². The molecule has 0 bridgehead atoms. The van der Waals surface area contributed by atoms with E-state index in [9.17, 15) is 0 Å². The van der Waals surface area contributed by atoms with Gasteiger partial charge >= 0.3 is 0 Å². The second-order valence-corrected chi connectivity index (χ2v) is 5.47. The smallest absolute Gasteiger partial charge is 0.119 e. The molecule has 1 aliphatic heterocycles. The van der Waals surface area contributed by atoms with Crippen LogP contribution in [-0.2, 0) is 0 Å². The molecule has 1 N–H and O–H groups in total. The van der Waals surface area contributed by atoms with Gasteiger partial charge in [0.1, 0.15) is 5.75 Å². The number of benzene rings is 1. The summed E-state index contributed by atoms with van der Waals surface area (Å²) in [6.45, 7) is 5.54. The van der Waals surface area contributed by atoms with Crippen molar-refractivity contribution in [1.29, 1.82) is 0 Å². The molecular formula is C16H27ClN2O. The molecule has 1 saturated heterocycles. The second kappa shape index (κ2) is 10.0. The Balaban J connectivity index is 0.00000200. The normalized spacial score (nSPS) is 15.9. The third-order valence-electron chi connectivity index (χ3n) is 3.72. The molecule has 0 aromatic heterocycles. The van der Waals surface area contributed by atoms with E-state index in [4.69, 9.17) is 4.74 Å². The number of rotatable bonds is 7. The Hall–Kier alpha value is -0.770. The summed E-state index contributed by atoms with van der Waals surface area (Å²) in [5.74, 6) is 1.85. The van der Waals surface area contributed by atoms with Crippen LogP contribution in [0.15, 0.2) is 30.3 Å². The zero-order valence-corrected chi connectivity index (χ0v) is 13.2. The minimum Gasteiger partial charge on any atom is -0.494 e. The molecule has 1 aliphatic rings. The van der Waals surface area contributed by atoms with Crippen LogP contribution in [0.3, 0.4) is 0 Å². The molecule has 0 amide bonds. The molecule has 0 saturated carbocycles. The van der Waals surface area contributed by atoms with Gasteiger partial charge < -0.3 is 15.0 Å². The minimum absolute atomic E-state index is 0. The molecule has 0 aliphatic carbocycles. The maximum atomic E-state index is 5.71. The molecule has 20 heavy (non-hydrogen) atoms. The van der Waals surface area contributed by atoms with E-state index in [2.05, 4.69) is 17.3 Å². The van der Waals surface area contributed by atoms with Gasteiger partial charge in [-0.3, -0.25) is 0 Å². The van der Waals surface area contributed by atoms with Crippen molar-refractivity contribution in [3.63, 3.8) is 0 Å². The first kappa shape index (κ1) is 17.3. The van der Waals surface area contributed by atoms with Crippen LogP contribution in [0, 0.1) is 5.92 Å². The number of hydrogen-bond acceptors (Lipinski definition) is 3. The number of para-hydroxylation sites is 1. The topological polar surface area (TPSA) is 24.5 Å². The predicted molar refractivity (Wildman–Crippen MR) is 86.9 cm³/mol. The van der Waals surface area contributed by atoms with Gasteiger partial charge in [0, 0.05) is 13.1 Å². The van der Waals surface area contributed by atoms with Gasteiger partial charge in [-0.1, -0.05) is 18.2 Å². The maximum Gasteiger partial charge on any atom is 0.119 e. The maximum absolute atomic E-state index is 5.71. The summed E-state index contributed by atoms with van der Waals surface area (Å²) in [5, 5.41) is 3.42. The first-order chi connectivity index (χ1) is 9.34. The van der Waals surface area contributed by atoms with Crippen molar-refractivity contribution in [1.82, 2.24) is 10.2 Å². The molecule has 3 nitrogen and oxygen atoms in total. The molecular weight excluding hydrogens is 272 g/mol. The van der Waals surface area contributed by atoms with Crippen LogP contribution in [0.5, 0.6) is 5.75 Å². The molecule has 1 aromatic rings. The van der Waals surface area contributed by atoms with Gasteiger partial charge in [-0.15, -0.1) is 12.4 Å². The van der Waals surface area contributed by atoms with Gasteiger partial charge in [-0.05, 0) is 57.5 Å². The Morgan fingerprint density at radius 2 is 1.90 bits per heavy atom. The van der Waals surface area contributed by atoms with Crippen LogP contribution in [-0.4, -0.2) is 44.7 Å². The Bertz CT molecular complexity index is 342. The molecule has 2 rings (SSSR count). The number of hydrogen-bond donors (Lipinski definition) is 1. The summed E-state index contributed by atoms with van der Waals surface area (Å²) >= 11 is 0. The average molecular weight is 299 g/mol. The van der Waals surface area contributed by atoms with Gasteiger partial charge in [0.25, 0.3) is 0 Å². The predicted octanol–water partition coefficient (Wildman–Crippen LogP) is 2.81. The fourth-order valence-corrected chi connectivity index (χ4v) is 2.64. The lowest BCUT2D eigenvalue weighted by Gasteiger charge is -2.27. The summed E-state index contributed by atoms with van der Waals surface area (Å²) in [5.41, 5.74) is 0. The molecule has 1 aromatic carbocycles. The molecule has 0 radical (unpaired) electrons. The number of halogens is 1. The lowest BCUT2D eigenvalue weighted by Crippen LogP contribution is -2.35. The number of nitrogens with zero attached hydrogens (tertiary/aromatic N) is 1. The van der Waals surface area contributed by atoms with E-state index in [1.165, 1.54) is 32.5 Å². The summed E-state index contributed by atoms with van der Waals surface area (Å²) < 4.78 is 5.71. The van der Waals surface area contributed by atoms with Gasteiger partial charge in [0.05, 0.1) is 6.61 Å². The van der Waals surface area contributed by atoms with Gasteiger partial charge in [0.2, 0.25) is 0 Å². The fourth-order valence-electron chi connectivity index (χ4n) is 2.64. The summed E-state index contributed by atoms with van der Waals surface area (Å²) in [6.07, 6.45) is 3.74. The van der Waals surface area contributed by atoms with Crippen molar-refractivity contribution in [2.75, 3.05) is 39.8 Å². The lowest BCUT2D eigenvalue weighted by atomic mass is 9.98. The van der Waals surface area contributed by atoms with Crippen molar-refractivity contribution >= 4 is 12.4 Å². The molecule has 114 valence electrons. The van der Waals surface area contributed by atoms with Gasteiger partial charge in [-0.25, -0.2) is 0 Å². The quantitative estimate of drug-likeness (QED) is 0.784. The van der Waals surface area contributed by atoms with Crippen molar-refractivity contribution in [2.45, 2.75) is 19.3 Å². The van der Waals surface area contributed by atoms with Gasteiger partial charge in [-0.2, -0.15) is 0 Å². The van der Waals surface area contributed by atoms with Crippen LogP contribution >= 0.6 is 12.4 Å². The highest BCUT2D eigenvalue weighted by Crippen LogP contribution is 2.13. The highest BCUT2D eigenvalue weighted by molar-refractivity contribution is 5.85. The molecule has 1 heterocycles.